The van der Waals surface area contributed by atoms with Crippen molar-refractivity contribution in [3.05, 3.63) is 90.0 Å². The highest BCUT2D eigenvalue weighted by Gasteiger charge is 2.66. The highest BCUT2D eigenvalue weighted by atomic mass is 28.4. The predicted octanol–water partition coefficient (Wildman–Crippen LogP) is 3.51. The quantitative estimate of drug-likeness (QED) is 0.306. The first-order valence-corrected chi connectivity index (χ1v) is 19.0. The minimum absolute atomic E-state index is 0.0511. The molecule has 0 bridgehead atoms. The Morgan fingerprint density at radius 3 is 2.39 bits per heavy atom. The summed E-state index contributed by atoms with van der Waals surface area (Å²) in [6.07, 6.45) is -0.798. The molecule has 1 spiro atoms. The lowest BCUT2D eigenvalue weighted by Gasteiger charge is -2.33. The summed E-state index contributed by atoms with van der Waals surface area (Å²) in [6.45, 7) is 7.25. The zero-order valence-electron chi connectivity index (χ0n) is 26.6. The fourth-order valence-electron chi connectivity index (χ4n) is 7.59. The molecule has 0 aliphatic carbocycles. The molecule has 3 amide bonds. The number of anilines is 3. The maximum absolute atomic E-state index is 14.8. The summed E-state index contributed by atoms with van der Waals surface area (Å²) >= 11 is 0. The van der Waals surface area contributed by atoms with E-state index in [0.29, 0.717) is 42.3 Å². The van der Waals surface area contributed by atoms with Crippen molar-refractivity contribution < 1.29 is 29.0 Å². The van der Waals surface area contributed by atoms with Gasteiger partial charge in [0.05, 0.1) is 31.4 Å². The molecular weight excluding hydrogens is 600 g/mol. The second-order valence-electron chi connectivity index (χ2n) is 13.0. The van der Waals surface area contributed by atoms with E-state index in [1.54, 1.807) is 14.7 Å². The van der Waals surface area contributed by atoms with Crippen LogP contribution in [0, 0.1) is 5.92 Å². The van der Waals surface area contributed by atoms with Gasteiger partial charge in [0.15, 0.2) is 13.9 Å². The number of aliphatic hydroxyl groups is 1. The normalized spacial score (nSPS) is 24.5. The fourth-order valence-corrected chi connectivity index (χ4v) is 10.1. The summed E-state index contributed by atoms with van der Waals surface area (Å²) in [6, 6.07) is 24.6. The first-order valence-electron chi connectivity index (χ1n) is 15.9. The second-order valence-corrected chi connectivity index (χ2v) is 17.0. The van der Waals surface area contributed by atoms with Gasteiger partial charge in [-0.05, 0) is 49.0 Å². The molecule has 0 aromatic heterocycles. The Morgan fingerprint density at radius 2 is 1.74 bits per heavy atom. The monoisotopic (exact) mass is 642 g/mol. The number of benzene rings is 3. The van der Waals surface area contributed by atoms with Crippen molar-refractivity contribution in [3.63, 3.8) is 0 Å². The molecule has 4 atom stereocenters. The first-order chi connectivity index (χ1) is 22.1. The van der Waals surface area contributed by atoms with Crippen molar-refractivity contribution in [1.82, 2.24) is 10.2 Å². The fraction of sp³-hybridized carbons (Fsp3) is 0.400. The molecule has 3 N–H and O–H groups in total. The van der Waals surface area contributed by atoms with Gasteiger partial charge in [-0.2, -0.15) is 0 Å². The molecule has 3 heterocycles. The minimum Gasteiger partial charge on any atom is -0.432 e. The van der Waals surface area contributed by atoms with E-state index in [0.717, 1.165) is 5.56 Å². The van der Waals surface area contributed by atoms with E-state index in [-0.39, 0.29) is 43.8 Å². The Bertz CT molecular complexity index is 1600. The van der Waals surface area contributed by atoms with Gasteiger partial charge in [0, 0.05) is 54.6 Å². The van der Waals surface area contributed by atoms with Crippen LogP contribution in [0.15, 0.2) is 78.9 Å². The molecule has 6 rings (SSSR count). The predicted molar refractivity (Wildman–Crippen MR) is 178 cm³/mol. The van der Waals surface area contributed by atoms with Crippen molar-refractivity contribution in [2.24, 2.45) is 5.92 Å². The maximum Gasteiger partial charge on any atom is 0.268 e. The molecule has 242 valence electrons. The number of hydrogen-bond acceptors (Lipinski definition) is 7. The summed E-state index contributed by atoms with van der Waals surface area (Å²) in [4.78, 5) is 58.3. The first kappa shape index (κ1) is 32.1. The van der Waals surface area contributed by atoms with E-state index in [1.807, 2.05) is 98.9 Å². The lowest BCUT2D eigenvalue weighted by atomic mass is 9.82. The molecule has 0 radical (unpaired) electrons. The van der Waals surface area contributed by atoms with E-state index in [2.05, 4.69) is 5.32 Å². The summed E-state index contributed by atoms with van der Waals surface area (Å²) in [5.74, 6) is -1.04. The zero-order valence-corrected chi connectivity index (χ0v) is 27.6. The number of nitrogens with zero attached hydrogens (tertiary/aromatic N) is 3. The van der Waals surface area contributed by atoms with Crippen LogP contribution in [-0.2, 0) is 31.3 Å². The molecule has 3 aliphatic heterocycles. The van der Waals surface area contributed by atoms with Crippen LogP contribution in [0.4, 0.5) is 17.1 Å². The third-order valence-electron chi connectivity index (χ3n) is 9.61. The molecule has 3 aromatic rings. The number of nitrogens with one attached hydrogen (secondary N) is 1. The molecule has 10 nitrogen and oxygen atoms in total. The number of amides is 3. The van der Waals surface area contributed by atoms with E-state index in [9.17, 15) is 24.3 Å². The van der Waals surface area contributed by atoms with Gasteiger partial charge in [-0.3, -0.25) is 19.3 Å². The van der Waals surface area contributed by atoms with E-state index >= 15 is 0 Å². The Labute approximate surface area is 270 Å². The highest BCUT2D eigenvalue weighted by molar-refractivity contribution is 6.71. The topological polar surface area (TPSA) is 123 Å². The van der Waals surface area contributed by atoms with Crippen LogP contribution in [0.1, 0.15) is 24.5 Å². The minimum atomic E-state index is -3.04. The maximum atomic E-state index is 14.8. The van der Waals surface area contributed by atoms with Gasteiger partial charge in [0.25, 0.3) is 5.91 Å². The number of piperazine rings is 1. The number of ether oxygens (including phenoxy) is 1. The number of aliphatic hydroxyl groups excluding tert-OH is 1. The number of carbonyl (C=O) groups excluding carboxylic acids is 3. The van der Waals surface area contributed by atoms with Gasteiger partial charge in [0.1, 0.15) is 0 Å². The lowest BCUT2D eigenvalue weighted by Crippen LogP contribution is -2.48. The van der Waals surface area contributed by atoms with Crippen LogP contribution < -0.4 is 15.1 Å². The molecule has 11 heteroatoms. The van der Waals surface area contributed by atoms with Crippen molar-refractivity contribution in [2.75, 3.05) is 42.6 Å². The summed E-state index contributed by atoms with van der Waals surface area (Å²) in [5.41, 5.74) is 1.64. The van der Waals surface area contributed by atoms with Crippen LogP contribution >= 0.6 is 0 Å². The van der Waals surface area contributed by atoms with Crippen LogP contribution in [0.25, 0.3) is 0 Å². The van der Waals surface area contributed by atoms with E-state index in [4.69, 9.17) is 4.74 Å². The average molecular weight is 643 g/mol. The number of fused-ring (bicyclic) bond motifs is 2. The molecule has 2 saturated heterocycles. The van der Waals surface area contributed by atoms with Crippen molar-refractivity contribution >= 4 is 43.1 Å². The van der Waals surface area contributed by atoms with E-state index < -0.39 is 31.5 Å². The Kier molecular flexibility index (Phi) is 8.88. The lowest BCUT2D eigenvalue weighted by molar-refractivity contribution is -0.149. The Morgan fingerprint density at radius 1 is 1.04 bits per heavy atom. The van der Waals surface area contributed by atoms with Gasteiger partial charge in [-0.15, -0.1) is 0 Å². The molecular formula is C35H42N4O6Si. The van der Waals surface area contributed by atoms with Crippen molar-refractivity contribution in [1.29, 1.82) is 0 Å². The molecule has 0 saturated carbocycles. The van der Waals surface area contributed by atoms with Crippen molar-refractivity contribution in [3.8, 4) is 0 Å². The largest absolute Gasteiger partial charge is 0.432 e. The molecule has 3 aliphatic rings. The SMILES string of the molecule is C[C@@H]1[C@@H]([Si](C)(C)O)[C@H](CC(=O)N(CCO)Cc2ccccc2)O[C@@]12C(=O)N(c1ccccc1)c1ccc(N3CCNCC3=O)cc12. The number of carbonyl (C=O) groups is 3. The average Bonchev–Trinajstić information content (AvgIpc) is 3.47. The number of para-hydroxylation sites is 1. The molecule has 46 heavy (non-hydrogen) atoms. The Balaban J connectivity index is 1.42. The molecule has 3 aromatic carbocycles. The summed E-state index contributed by atoms with van der Waals surface area (Å²) < 4.78 is 6.93. The number of rotatable bonds is 9. The van der Waals surface area contributed by atoms with Gasteiger partial charge < -0.3 is 29.8 Å². The molecule has 2 fully saturated rings. The smallest absolute Gasteiger partial charge is 0.268 e. The van der Waals surface area contributed by atoms with Crippen molar-refractivity contribution in [2.45, 2.75) is 50.2 Å². The van der Waals surface area contributed by atoms with Gasteiger partial charge in [0.2, 0.25) is 11.8 Å². The zero-order chi connectivity index (χ0) is 32.6. The van der Waals surface area contributed by atoms with Crippen LogP contribution in [0.5, 0.6) is 0 Å². The summed E-state index contributed by atoms with van der Waals surface area (Å²) in [5, 5.41) is 12.9. The molecule has 0 unspecified atom stereocenters. The van der Waals surface area contributed by atoms with Crippen LogP contribution in [0.2, 0.25) is 18.6 Å². The van der Waals surface area contributed by atoms with Crippen LogP contribution in [-0.4, -0.2) is 79.7 Å². The van der Waals surface area contributed by atoms with Gasteiger partial charge in [-0.1, -0.05) is 55.5 Å². The summed E-state index contributed by atoms with van der Waals surface area (Å²) in [7, 11) is -3.04. The third-order valence-corrected chi connectivity index (χ3v) is 12.1. The highest BCUT2D eigenvalue weighted by Crippen LogP contribution is 2.61. The number of hydrogen-bond donors (Lipinski definition) is 3. The van der Waals surface area contributed by atoms with Crippen LogP contribution in [0.3, 0.4) is 0 Å². The van der Waals surface area contributed by atoms with Gasteiger partial charge >= 0.3 is 0 Å². The Hall–Kier alpha value is -3.87. The standard InChI is InChI=1S/C35H42N4O6Si/c1-24-33(46(2,3)44)30(21-31(41)37(18-19-40)23-25-10-6-4-7-11-25)45-35(24)28-20-27(38-17-16-36-22-32(38)42)14-15-29(28)39(34(35)43)26-12-8-5-9-13-26/h4-15,20,24,30,33,36,40,44H,16-19,21-23H2,1-3H3/t24-,30+,33-,35+/m1/s1. The second kappa shape index (κ2) is 12.7. The third kappa shape index (κ3) is 5.67. The van der Waals surface area contributed by atoms with Gasteiger partial charge in [-0.25, -0.2) is 0 Å². The van der Waals surface area contributed by atoms with E-state index in [1.165, 1.54) is 0 Å².